The largest absolute Gasteiger partial charge is 0.469 e. The summed E-state index contributed by atoms with van der Waals surface area (Å²) in [6.07, 6.45) is -3.48. The van der Waals surface area contributed by atoms with Crippen molar-refractivity contribution in [2.75, 3.05) is 27.2 Å². The molecule has 0 amide bonds. The summed E-state index contributed by atoms with van der Waals surface area (Å²) in [5, 5.41) is 2.88. The van der Waals surface area contributed by atoms with Crippen LogP contribution in [0.15, 0.2) is 23.2 Å². The number of esters is 1. The SMILES string of the molecule is CN=C(NCc1ccc(F)cc1C(F)(F)F)N1CCC(C(=O)OC)CC1. The van der Waals surface area contributed by atoms with Gasteiger partial charge in [0.05, 0.1) is 18.6 Å². The molecule has 0 atom stereocenters. The highest BCUT2D eigenvalue weighted by Gasteiger charge is 2.34. The van der Waals surface area contributed by atoms with Crippen molar-refractivity contribution in [3.63, 3.8) is 0 Å². The Morgan fingerprint density at radius 1 is 1.35 bits per heavy atom. The first-order chi connectivity index (χ1) is 12.3. The first-order valence-corrected chi connectivity index (χ1v) is 8.15. The van der Waals surface area contributed by atoms with Crippen molar-refractivity contribution in [1.29, 1.82) is 0 Å². The number of aliphatic imine (C=N–C) groups is 1. The number of carbonyl (C=O) groups is 1. The average molecular weight is 375 g/mol. The fourth-order valence-corrected chi connectivity index (χ4v) is 2.97. The van der Waals surface area contributed by atoms with Crippen LogP contribution in [-0.4, -0.2) is 44.1 Å². The van der Waals surface area contributed by atoms with Gasteiger partial charge >= 0.3 is 12.1 Å². The second-order valence-corrected chi connectivity index (χ2v) is 5.98. The van der Waals surface area contributed by atoms with E-state index in [1.165, 1.54) is 14.2 Å². The van der Waals surface area contributed by atoms with E-state index in [1.54, 1.807) is 0 Å². The Balaban J connectivity index is 2.02. The molecule has 1 heterocycles. The molecule has 2 rings (SSSR count). The molecule has 0 aromatic heterocycles. The lowest BCUT2D eigenvalue weighted by Crippen LogP contribution is -2.46. The highest BCUT2D eigenvalue weighted by atomic mass is 19.4. The predicted molar refractivity (Wildman–Crippen MR) is 87.9 cm³/mol. The van der Waals surface area contributed by atoms with E-state index in [9.17, 15) is 22.4 Å². The molecule has 1 aliphatic heterocycles. The molecule has 9 heteroatoms. The van der Waals surface area contributed by atoms with Crippen LogP contribution in [0.2, 0.25) is 0 Å². The van der Waals surface area contributed by atoms with Crippen LogP contribution in [0.3, 0.4) is 0 Å². The fourth-order valence-electron chi connectivity index (χ4n) is 2.97. The molecule has 144 valence electrons. The third-order valence-electron chi connectivity index (χ3n) is 4.36. The van der Waals surface area contributed by atoms with E-state index in [1.807, 2.05) is 4.90 Å². The number of piperidine rings is 1. The van der Waals surface area contributed by atoms with E-state index in [2.05, 4.69) is 10.3 Å². The lowest BCUT2D eigenvalue weighted by Gasteiger charge is -2.33. The standard InChI is InChI=1S/C17H21F4N3O2/c1-22-16(24-7-5-11(6-8-24)15(25)26-2)23-10-12-3-4-13(18)9-14(12)17(19,20)21/h3-4,9,11H,5-8,10H2,1-2H3,(H,22,23). The van der Waals surface area contributed by atoms with Crippen LogP contribution in [0.5, 0.6) is 0 Å². The Kier molecular flexibility index (Phi) is 6.44. The molecule has 0 unspecified atom stereocenters. The highest BCUT2D eigenvalue weighted by molar-refractivity contribution is 5.80. The van der Waals surface area contributed by atoms with Crippen LogP contribution < -0.4 is 5.32 Å². The molecule has 1 saturated heterocycles. The van der Waals surface area contributed by atoms with Crippen LogP contribution in [0.25, 0.3) is 0 Å². The third kappa shape index (κ3) is 4.86. The van der Waals surface area contributed by atoms with Gasteiger partial charge in [-0.2, -0.15) is 13.2 Å². The maximum Gasteiger partial charge on any atom is 0.416 e. The summed E-state index contributed by atoms with van der Waals surface area (Å²) in [7, 11) is 2.88. The lowest BCUT2D eigenvalue weighted by atomic mass is 9.97. The van der Waals surface area contributed by atoms with Crippen molar-refractivity contribution in [3.05, 3.63) is 35.1 Å². The maximum atomic E-state index is 13.2. The minimum atomic E-state index is -4.64. The Bertz CT molecular complexity index is 668. The van der Waals surface area contributed by atoms with Gasteiger partial charge in [-0.05, 0) is 30.5 Å². The molecule has 0 radical (unpaired) electrons. The van der Waals surface area contributed by atoms with Gasteiger partial charge in [-0.25, -0.2) is 4.39 Å². The molecule has 0 bridgehead atoms. The van der Waals surface area contributed by atoms with Gasteiger partial charge in [-0.1, -0.05) is 6.07 Å². The fraction of sp³-hybridized carbons (Fsp3) is 0.529. The summed E-state index contributed by atoms with van der Waals surface area (Å²) in [6, 6.07) is 2.60. The number of methoxy groups -OCH3 is 1. The minimum absolute atomic E-state index is 0.0653. The van der Waals surface area contributed by atoms with Crippen molar-refractivity contribution in [2.45, 2.75) is 25.6 Å². The number of carbonyl (C=O) groups excluding carboxylic acids is 1. The summed E-state index contributed by atoms with van der Waals surface area (Å²) in [5.74, 6) is -0.932. The third-order valence-corrected chi connectivity index (χ3v) is 4.36. The van der Waals surface area contributed by atoms with Crippen molar-refractivity contribution in [3.8, 4) is 0 Å². The zero-order valence-corrected chi connectivity index (χ0v) is 14.6. The molecule has 1 aromatic carbocycles. The Morgan fingerprint density at radius 3 is 2.54 bits per heavy atom. The Hall–Kier alpha value is -2.32. The van der Waals surface area contributed by atoms with Gasteiger partial charge in [0, 0.05) is 26.7 Å². The van der Waals surface area contributed by atoms with E-state index in [-0.39, 0.29) is 24.0 Å². The second-order valence-electron chi connectivity index (χ2n) is 5.98. The lowest BCUT2D eigenvalue weighted by molar-refractivity contribution is -0.146. The van der Waals surface area contributed by atoms with Crippen molar-refractivity contribution in [2.24, 2.45) is 10.9 Å². The number of hydrogen-bond donors (Lipinski definition) is 1. The molecule has 1 fully saturated rings. The molecule has 1 N–H and O–H groups in total. The molecular weight excluding hydrogens is 354 g/mol. The number of alkyl halides is 3. The number of nitrogens with zero attached hydrogens (tertiary/aromatic N) is 2. The summed E-state index contributed by atoms with van der Waals surface area (Å²) in [4.78, 5) is 17.5. The molecule has 1 aromatic rings. The number of benzene rings is 1. The number of hydrogen-bond acceptors (Lipinski definition) is 3. The molecule has 5 nitrogen and oxygen atoms in total. The summed E-state index contributed by atoms with van der Waals surface area (Å²) in [6.45, 7) is 0.933. The van der Waals surface area contributed by atoms with Crippen LogP contribution in [0.1, 0.15) is 24.0 Å². The summed E-state index contributed by atoms with van der Waals surface area (Å²) < 4.78 is 57.1. The number of nitrogens with one attached hydrogen (secondary N) is 1. The predicted octanol–water partition coefficient (Wildman–Crippen LogP) is 2.80. The van der Waals surface area contributed by atoms with E-state index in [4.69, 9.17) is 4.74 Å². The van der Waals surface area contributed by atoms with Crippen LogP contribution in [-0.2, 0) is 22.3 Å². The van der Waals surface area contributed by atoms with Gasteiger partial charge in [-0.15, -0.1) is 0 Å². The zero-order valence-electron chi connectivity index (χ0n) is 14.6. The van der Waals surface area contributed by atoms with Gasteiger partial charge < -0.3 is 15.0 Å². The maximum absolute atomic E-state index is 13.2. The Labute approximate surface area is 149 Å². The second kappa shape index (κ2) is 8.37. The highest BCUT2D eigenvalue weighted by Crippen LogP contribution is 2.32. The van der Waals surface area contributed by atoms with Gasteiger partial charge in [0.2, 0.25) is 0 Å². The van der Waals surface area contributed by atoms with E-state index >= 15 is 0 Å². The number of halogens is 4. The molecule has 0 aliphatic carbocycles. The van der Waals surface area contributed by atoms with Crippen LogP contribution in [0.4, 0.5) is 17.6 Å². The van der Waals surface area contributed by atoms with Gasteiger partial charge in [-0.3, -0.25) is 9.79 Å². The zero-order chi connectivity index (χ0) is 19.3. The number of rotatable bonds is 3. The van der Waals surface area contributed by atoms with Gasteiger partial charge in [0.1, 0.15) is 5.82 Å². The van der Waals surface area contributed by atoms with E-state index < -0.39 is 17.6 Å². The number of likely N-dealkylation sites (tertiary alicyclic amines) is 1. The topological polar surface area (TPSA) is 53.9 Å². The average Bonchev–Trinajstić information content (AvgIpc) is 2.62. The minimum Gasteiger partial charge on any atom is -0.469 e. The normalized spacial score (nSPS) is 16.5. The molecule has 0 saturated carbocycles. The first kappa shape index (κ1) is 20.0. The van der Waals surface area contributed by atoms with Crippen LogP contribution in [0, 0.1) is 11.7 Å². The van der Waals surface area contributed by atoms with Crippen molar-refractivity contribution >= 4 is 11.9 Å². The molecule has 1 aliphatic rings. The van der Waals surface area contributed by atoms with Gasteiger partial charge in [0.25, 0.3) is 0 Å². The van der Waals surface area contributed by atoms with Crippen molar-refractivity contribution in [1.82, 2.24) is 10.2 Å². The van der Waals surface area contributed by atoms with Gasteiger partial charge in [0.15, 0.2) is 5.96 Å². The first-order valence-electron chi connectivity index (χ1n) is 8.15. The smallest absolute Gasteiger partial charge is 0.416 e. The molecular formula is C17H21F4N3O2. The number of guanidine groups is 1. The quantitative estimate of drug-likeness (QED) is 0.382. The molecule has 0 spiro atoms. The molecule has 26 heavy (non-hydrogen) atoms. The van der Waals surface area contributed by atoms with E-state index in [0.717, 1.165) is 12.1 Å². The Morgan fingerprint density at radius 2 is 2.00 bits per heavy atom. The summed E-state index contributed by atoms with van der Waals surface area (Å²) >= 11 is 0. The number of ether oxygens (including phenoxy) is 1. The van der Waals surface area contributed by atoms with E-state index in [0.29, 0.717) is 38.0 Å². The van der Waals surface area contributed by atoms with Crippen molar-refractivity contribution < 1.29 is 27.1 Å². The van der Waals surface area contributed by atoms with Crippen LogP contribution >= 0.6 is 0 Å². The monoisotopic (exact) mass is 375 g/mol. The summed E-state index contributed by atoms with van der Waals surface area (Å²) in [5.41, 5.74) is -1.07.